The minimum absolute atomic E-state index is 0.00936. The largest absolute Gasteiger partial charge is 0.342 e. The summed E-state index contributed by atoms with van der Waals surface area (Å²) in [5.41, 5.74) is -2.54. The molecule has 5 rings (SSSR count). The number of carbonyl (C=O) groups is 1. The number of nitrogens with zero attached hydrogens (tertiary/aromatic N) is 1. The summed E-state index contributed by atoms with van der Waals surface area (Å²) in [7, 11) is -3.91. The number of alkyl halides is 3. The number of halogens is 5. The van der Waals surface area contributed by atoms with Gasteiger partial charge in [-0.15, -0.1) is 0 Å². The van der Waals surface area contributed by atoms with Crippen molar-refractivity contribution in [3.8, 4) is 11.1 Å². The summed E-state index contributed by atoms with van der Waals surface area (Å²) in [5, 5.41) is 0. The minimum atomic E-state index is -3.91. The highest BCUT2D eigenvalue weighted by Crippen LogP contribution is 2.59. The molecule has 1 saturated heterocycles. The lowest BCUT2D eigenvalue weighted by atomic mass is 9.93. The maximum absolute atomic E-state index is 16.0. The second-order valence-corrected chi connectivity index (χ2v) is 11.5. The number of amides is 1. The summed E-state index contributed by atoms with van der Waals surface area (Å²) in [6, 6.07) is 7.50. The summed E-state index contributed by atoms with van der Waals surface area (Å²) in [5.74, 6) is -8.09. The van der Waals surface area contributed by atoms with Gasteiger partial charge in [-0.05, 0) is 29.2 Å². The van der Waals surface area contributed by atoms with E-state index in [4.69, 9.17) is 0 Å². The summed E-state index contributed by atoms with van der Waals surface area (Å²) in [6.07, 6.45) is 0.0210. The molecule has 2 saturated carbocycles. The molecule has 2 aromatic rings. The van der Waals surface area contributed by atoms with Gasteiger partial charge in [0.15, 0.2) is 0 Å². The monoisotopic (exact) mass is 514 g/mol. The minimum Gasteiger partial charge on any atom is -0.342 e. The van der Waals surface area contributed by atoms with Gasteiger partial charge in [0.2, 0.25) is 15.9 Å². The van der Waals surface area contributed by atoms with Crippen LogP contribution in [0.3, 0.4) is 0 Å². The molecule has 1 aliphatic heterocycles. The van der Waals surface area contributed by atoms with Crippen LogP contribution >= 0.6 is 0 Å². The summed E-state index contributed by atoms with van der Waals surface area (Å²) >= 11 is 0. The van der Waals surface area contributed by atoms with Crippen LogP contribution in [0.15, 0.2) is 42.5 Å². The molecule has 0 radical (unpaired) electrons. The molecule has 2 aliphatic carbocycles. The quantitative estimate of drug-likeness (QED) is 0.617. The number of carbonyl (C=O) groups excluding carboxylic acids is 1. The van der Waals surface area contributed by atoms with Crippen LogP contribution in [0.1, 0.15) is 18.4 Å². The molecule has 5 atom stereocenters. The van der Waals surface area contributed by atoms with E-state index < -0.39 is 69.4 Å². The second kappa shape index (κ2) is 7.99. The third kappa shape index (κ3) is 4.12. The Bertz CT molecular complexity index is 1280. The van der Waals surface area contributed by atoms with Gasteiger partial charge < -0.3 is 4.90 Å². The lowest BCUT2D eigenvalue weighted by Gasteiger charge is -2.26. The van der Waals surface area contributed by atoms with Crippen LogP contribution in [-0.2, 0) is 20.5 Å². The zero-order chi connectivity index (χ0) is 25.3. The Morgan fingerprint density at radius 1 is 1.00 bits per heavy atom. The van der Waals surface area contributed by atoms with Gasteiger partial charge in [-0.1, -0.05) is 30.3 Å². The van der Waals surface area contributed by atoms with E-state index in [-0.39, 0.29) is 36.2 Å². The average Bonchev–Trinajstić information content (AvgIpc) is 3.20. The van der Waals surface area contributed by atoms with E-state index in [9.17, 15) is 30.8 Å². The van der Waals surface area contributed by atoms with Crippen LogP contribution in [0.2, 0.25) is 0 Å². The Morgan fingerprint density at radius 2 is 1.66 bits per heavy atom. The van der Waals surface area contributed by atoms with Crippen molar-refractivity contribution in [1.82, 2.24) is 9.62 Å². The molecule has 5 nitrogen and oxygen atoms in total. The zero-order valence-electron chi connectivity index (χ0n) is 18.6. The molecule has 1 heterocycles. The molecule has 0 bridgehead atoms. The zero-order valence-corrected chi connectivity index (χ0v) is 19.5. The Kier molecular flexibility index (Phi) is 5.52. The Hall–Kier alpha value is -2.53. The number of nitrogens with one attached hydrogen (secondary N) is 1. The molecule has 0 unspecified atom stereocenters. The lowest BCUT2D eigenvalue weighted by Crippen LogP contribution is -2.49. The molecule has 188 valence electrons. The van der Waals surface area contributed by atoms with Crippen LogP contribution < -0.4 is 4.72 Å². The van der Waals surface area contributed by atoms with Crippen molar-refractivity contribution in [2.24, 2.45) is 17.8 Å². The Morgan fingerprint density at radius 3 is 2.31 bits per heavy atom. The van der Waals surface area contributed by atoms with Gasteiger partial charge in [-0.2, -0.15) is 0 Å². The number of fused-ring (bicyclic) bond motifs is 1. The van der Waals surface area contributed by atoms with Crippen LogP contribution in [0, 0.1) is 29.4 Å². The van der Waals surface area contributed by atoms with Gasteiger partial charge in [-0.25, -0.2) is 35.1 Å². The van der Waals surface area contributed by atoms with Crippen molar-refractivity contribution in [2.45, 2.75) is 30.5 Å². The lowest BCUT2D eigenvalue weighted by molar-refractivity contribution is -0.133. The van der Waals surface area contributed by atoms with Gasteiger partial charge in [0.1, 0.15) is 17.3 Å². The molecule has 1 amide bonds. The number of sulfonamides is 1. The number of rotatable bonds is 5. The van der Waals surface area contributed by atoms with Gasteiger partial charge >= 0.3 is 0 Å². The number of benzene rings is 2. The summed E-state index contributed by atoms with van der Waals surface area (Å²) in [4.78, 5) is 14.5. The smallest absolute Gasteiger partial charge is 0.264 e. The van der Waals surface area contributed by atoms with Gasteiger partial charge in [0.25, 0.3) is 5.92 Å². The van der Waals surface area contributed by atoms with Crippen LogP contribution in [-0.4, -0.2) is 50.5 Å². The first-order chi connectivity index (χ1) is 16.3. The van der Waals surface area contributed by atoms with E-state index in [1.807, 2.05) is 4.72 Å². The van der Waals surface area contributed by atoms with Crippen molar-refractivity contribution in [3.05, 3.63) is 59.7 Å². The van der Waals surface area contributed by atoms with E-state index in [1.54, 1.807) is 0 Å². The van der Waals surface area contributed by atoms with Crippen LogP contribution in [0.25, 0.3) is 11.1 Å². The van der Waals surface area contributed by atoms with E-state index in [2.05, 4.69) is 0 Å². The van der Waals surface area contributed by atoms with Gasteiger partial charge in [0, 0.05) is 31.8 Å². The standard InChI is InChI=1S/C24H23F5N2O3S/c1-35(33,34)30-21-15-12-31(11-13(15)9-24(21,28)29)22(32)17-10-23(17,27)16-6-3-2-5-14(16)20-18(25)7-4-8-19(20)26/h2-8,13,15,17,21,30H,9-12H2,1H3/t13-,15+,17-,21+,23+/m0/s1. The highest BCUT2D eigenvalue weighted by molar-refractivity contribution is 7.88. The maximum Gasteiger partial charge on any atom is 0.264 e. The molecule has 0 spiro atoms. The highest BCUT2D eigenvalue weighted by atomic mass is 32.2. The molecule has 11 heteroatoms. The SMILES string of the molecule is CS(=O)(=O)N[C@@H]1[C@@H]2CN(C(=O)[C@@H]3C[C@@]3(F)c3ccccc3-c3c(F)cccc3F)C[C@@H]2CC1(F)F. The third-order valence-corrected chi connectivity index (χ3v) is 8.04. The summed E-state index contributed by atoms with van der Waals surface area (Å²) in [6.45, 7) is -0.153. The first-order valence-electron chi connectivity index (χ1n) is 11.2. The predicted octanol–water partition coefficient (Wildman–Crippen LogP) is 3.85. The predicted molar refractivity (Wildman–Crippen MR) is 118 cm³/mol. The molecule has 1 N–H and O–H groups in total. The number of hydrogen-bond donors (Lipinski definition) is 1. The van der Waals surface area contributed by atoms with Crippen LogP contribution in [0.5, 0.6) is 0 Å². The molecule has 0 aromatic heterocycles. The molecule has 3 aliphatic rings. The van der Waals surface area contributed by atoms with Gasteiger partial charge in [0.05, 0.1) is 23.8 Å². The Balaban J connectivity index is 1.38. The van der Waals surface area contributed by atoms with Crippen molar-refractivity contribution in [1.29, 1.82) is 0 Å². The van der Waals surface area contributed by atoms with Crippen molar-refractivity contribution >= 4 is 15.9 Å². The maximum atomic E-state index is 16.0. The van der Waals surface area contributed by atoms with E-state index >= 15 is 4.39 Å². The average molecular weight is 515 g/mol. The first kappa shape index (κ1) is 24.2. The van der Waals surface area contributed by atoms with E-state index in [1.165, 1.54) is 35.2 Å². The summed E-state index contributed by atoms with van der Waals surface area (Å²) < 4.78 is 98.9. The molecule has 35 heavy (non-hydrogen) atoms. The van der Waals surface area contributed by atoms with Crippen molar-refractivity contribution in [3.63, 3.8) is 0 Å². The van der Waals surface area contributed by atoms with E-state index in [0.717, 1.165) is 18.4 Å². The van der Waals surface area contributed by atoms with Crippen molar-refractivity contribution in [2.75, 3.05) is 19.3 Å². The first-order valence-corrected chi connectivity index (χ1v) is 13.1. The Labute approximate surface area is 199 Å². The fraction of sp³-hybridized carbons (Fsp3) is 0.458. The molecular formula is C24H23F5N2O3S. The number of hydrogen-bond acceptors (Lipinski definition) is 3. The van der Waals surface area contributed by atoms with Gasteiger partial charge in [-0.3, -0.25) is 4.79 Å². The third-order valence-electron chi connectivity index (χ3n) is 7.36. The second-order valence-electron chi connectivity index (χ2n) is 9.76. The fourth-order valence-electron chi connectivity index (χ4n) is 5.72. The fourth-order valence-corrected chi connectivity index (χ4v) is 6.53. The molecule has 3 fully saturated rings. The van der Waals surface area contributed by atoms with Crippen LogP contribution in [0.4, 0.5) is 22.0 Å². The number of likely N-dealkylation sites (tertiary alicyclic amines) is 1. The topological polar surface area (TPSA) is 66.5 Å². The highest BCUT2D eigenvalue weighted by Gasteiger charge is 2.65. The molecule has 2 aromatic carbocycles. The van der Waals surface area contributed by atoms with E-state index in [0.29, 0.717) is 0 Å². The van der Waals surface area contributed by atoms with Crippen molar-refractivity contribution < 1.29 is 35.2 Å². The normalized spacial score (nSPS) is 31.4. The molecular weight excluding hydrogens is 491 g/mol.